The Morgan fingerprint density at radius 1 is 0.775 bits per heavy atom. The van der Waals surface area contributed by atoms with Crippen molar-refractivity contribution in [2.24, 2.45) is 0 Å². The maximum atomic E-state index is 13.7. The van der Waals surface area contributed by atoms with E-state index in [0.29, 0.717) is 22.7 Å². The average Bonchev–Trinajstić information content (AvgIpc) is 2.92. The number of sulfone groups is 1. The van der Waals surface area contributed by atoms with Gasteiger partial charge in [-0.1, -0.05) is 48.0 Å². The van der Waals surface area contributed by atoms with E-state index in [4.69, 9.17) is 4.74 Å². The maximum Gasteiger partial charge on any atom is 0.264 e. The smallest absolute Gasteiger partial charge is 0.264 e. The predicted octanol–water partition coefficient (Wildman–Crippen LogP) is 5.26. The van der Waals surface area contributed by atoms with Crippen molar-refractivity contribution in [3.8, 4) is 11.5 Å². The summed E-state index contributed by atoms with van der Waals surface area (Å²) in [5.41, 5.74) is 1.87. The number of nitrogens with one attached hydrogen (secondary N) is 1. The highest BCUT2D eigenvalue weighted by atomic mass is 32.2. The second kappa shape index (κ2) is 11.9. The van der Waals surface area contributed by atoms with Crippen LogP contribution in [0.5, 0.6) is 11.5 Å². The van der Waals surface area contributed by atoms with Crippen molar-refractivity contribution in [1.29, 1.82) is 0 Å². The van der Waals surface area contributed by atoms with Crippen LogP contribution in [-0.4, -0.2) is 35.5 Å². The second-order valence-corrected chi connectivity index (χ2v) is 13.2. The van der Waals surface area contributed by atoms with Crippen LogP contribution in [0.25, 0.3) is 0 Å². The molecular formula is C30H30N2O6S2. The minimum absolute atomic E-state index is 0.0555. The van der Waals surface area contributed by atoms with E-state index < -0.39 is 38.4 Å². The van der Waals surface area contributed by atoms with Crippen molar-refractivity contribution in [2.75, 3.05) is 17.1 Å². The van der Waals surface area contributed by atoms with Gasteiger partial charge in [0, 0.05) is 6.26 Å². The van der Waals surface area contributed by atoms with Gasteiger partial charge in [-0.05, 0) is 80.1 Å². The molecule has 0 aliphatic rings. The molecule has 1 N–H and O–H groups in total. The van der Waals surface area contributed by atoms with Crippen molar-refractivity contribution in [3.63, 3.8) is 0 Å². The molecule has 8 nitrogen and oxygen atoms in total. The lowest BCUT2D eigenvalue weighted by molar-refractivity contribution is -0.120. The number of carbonyl (C=O) groups is 1. The monoisotopic (exact) mass is 578 g/mol. The molecule has 4 aromatic rings. The number of amides is 1. The van der Waals surface area contributed by atoms with Crippen LogP contribution in [0.1, 0.15) is 24.1 Å². The molecule has 0 spiro atoms. The topological polar surface area (TPSA) is 110 Å². The van der Waals surface area contributed by atoms with Crippen molar-refractivity contribution in [3.05, 3.63) is 114 Å². The van der Waals surface area contributed by atoms with E-state index in [1.165, 1.54) is 24.3 Å². The quantitative estimate of drug-likeness (QED) is 0.275. The van der Waals surface area contributed by atoms with Gasteiger partial charge in [0.15, 0.2) is 9.84 Å². The van der Waals surface area contributed by atoms with Crippen LogP contribution in [0.4, 0.5) is 5.69 Å². The number of hydrogen-bond acceptors (Lipinski definition) is 6. The van der Waals surface area contributed by atoms with Crippen molar-refractivity contribution < 1.29 is 26.4 Å². The van der Waals surface area contributed by atoms with Gasteiger partial charge < -0.3 is 10.1 Å². The number of aryl methyl sites for hydroxylation is 1. The Balaban J connectivity index is 1.58. The molecule has 10 heteroatoms. The van der Waals surface area contributed by atoms with E-state index in [-0.39, 0.29) is 9.79 Å². The zero-order chi connectivity index (χ0) is 28.9. The first-order valence-electron chi connectivity index (χ1n) is 12.5. The Bertz CT molecular complexity index is 1670. The van der Waals surface area contributed by atoms with E-state index in [2.05, 4.69) is 5.32 Å². The standard InChI is InChI=1S/C30H30N2O6S2/c1-22-9-17-29(18-10-22)40(36,37)32(25-13-15-27(16-14-25)38-26-7-5-4-6-8-26)21-30(33)31-23(2)24-11-19-28(20-12-24)39(3,34)35/h4-20,23H,21H2,1-3H3,(H,31,33)/t23-/m1/s1. The fourth-order valence-electron chi connectivity index (χ4n) is 3.96. The molecule has 0 saturated heterocycles. The Kier molecular flexibility index (Phi) is 8.61. The molecule has 0 heterocycles. The molecule has 4 aromatic carbocycles. The van der Waals surface area contributed by atoms with Gasteiger partial charge in [0.2, 0.25) is 5.91 Å². The normalized spacial score (nSPS) is 12.4. The highest BCUT2D eigenvalue weighted by Crippen LogP contribution is 2.28. The third-order valence-corrected chi connectivity index (χ3v) is 9.10. The first-order valence-corrected chi connectivity index (χ1v) is 15.8. The number of para-hydroxylation sites is 1. The molecule has 0 aliphatic heterocycles. The summed E-state index contributed by atoms with van der Waals surface area (Å²) in [6.45, 7) is 3.12. The molecule has 0 radical (unpaired) electrons. The van der Waals surface area contributed by atoms with Gasteiger partial charge in [-0.3, -0.25) is 9.10 Å². The molecular weight excluding hydrogens is 548 g/mol. The van der Waals surface area contributed by atoms with Crippen LogP contribution in [0, 0.1) is 6.92 Å². The van der Waals surface area contributed by atoms with Gasteiger partial charge >= 0.3 is 0 Å². The number of ether oxygens (including phenoxy) is 1. The van der Waals surface area contributed by atoms with E-state index in [0.717, 1.165) is 16.1 Å². The third kappa shape index (κ3) is 7.08. The van der Waals surface area contributed by atoms with Gasteiger partial charge in [0.05, 0.1) is 21.5 Å². The number of anilines is 1. The summed E-state index contributed by atoms with van der Waals surface area (Å²) >= 11 is 0. The Hall–Kier alpha value is -4.15. The highest BCUT2D eigenvalue weighted by molar-refractivity contribution is 7.93. The summed E-state index contributed by atoms with van der Waals surface area (Å²) < 4.78 is 57.8. The Morgan fingerprint density at radius 2 is 1.32 bits per heavy atom. The summed E-state index contributed by atoms with van der Waals surface area (Å²) in [7, 11) is -7.45. The van der Waals surface area contributed by atoms with Crippen LogP contribution >= 0.6 is 0 Å². The number of sulfonamides is 1. The van der Waals surface area contributed by atoms with Gasteiger partial charge in [0.1, 0.15) is 18.0 Å². The molecule has 0 bridgehead atoms. The summed E-state index contributed by atoms with van der Waals surface area (Å²) in [6, 6.07) is 27.7. The minimum atomic E-state index is -4.10. The second-order valence-electron chi connectivity index (χ2n) is 9.36. The number of hydrogen-bond donors (Lipinski definition) is 1. The molecule has 4 rings (SSSR count). The predicted molar refractivity (Wildman–Crippen MR) is 155 cm³/mol. The largest absolute Gasteiger partial charge is 0.457 e. The SMILES string of the molecule is Cc1ccc(S(=O)(=O)N(CC(=O)N[C@H](C)c2ccc(S(C)(=O)=O)cc2)c2ccc(Oc3ccccc3)cc2)cc1. The fraction of sp³-hybridized carbons (Fsp3) is 0.167. The van der Waals surface area contributed by atoms with Crippen molar-refractivity contribution >= 4 is 31.5 Å². The van der Waals surface area contributed by atoms with Crippen LogP contribution < -0.4 is 14.4 Å². The van der Waals surface area contributed by atoms with Gasteiger partial charge in [0.25, 0.3) is 10.0 Å². The minimum Gasteiger partial charge on any atom is -0.457 e. The number of carbonyl (C=O) groups excluding carboxylic acids is 1. The van der Waals surface area contributed by atoms with Gasteiger partial charge in [-0.2, -0.15) is 0 Å². The van der Waals surface area contributed by atoms with Gasteiger partial charge in [-0.25, -0.2) is 16.8 Å². The molecule has 40 heavy (non-hydrogen) atoms. The lowest BCUT2D eigenvalue weighted by Gasteiger charge is -2.25. The average molecular weight is 579 g/mol. The van der Waals surface area contributed by atoms with Crippen LogP contribution in [0.15, 0.2) is 113 Å². The summed E-state index contributed by atoms with van der Waals surface area (Å²) in [5.74, 6) is 0.621. The van der Waals surface area contributed by atoms with E-state index in [9.17, 15) is 21.6 Å². The molecule has 0 unspecified atom stereocenters. The van der Waals surface area contributed by atoms with Crippen LogP contribution in [0.3, 0.4) is 0 Å². The summed E-state index contributed by atoms with van der Waals surface area (Å²) in [6.07, 6.45) is 1.12. The van der Waals surface area contributed by atoms with Gasteiger partial charge in [-0.15, -0.1) is 0 Å². The van der Waals surface area contributed by atoms with Crippen LogP contribution in [0.2, 0.25) is 0 Å². The van der Waals surface area contributed by atoms with E-state index in [1.54, 1.807) is 55.5 Å². The Labute approximate surface area is 235 Å². The fourth-order valence-corrected chi connectivity index (χ4v) is 6.01. The summed E-state index contributed by atoms with van der Waals surface area (Å²) in [4.78, 5) is 13.4. The molecule has 1 atom stereocenters. The third-order valence-electron chi connectivity index (χ3n) is 6.19. The number of rotatable bonds is 10. The molecule has 208 valence electrons. The maximum absolute atomic E-state index is 13.7. The first-order chi connectivity index (χ1) is 18.9. The van der Waals surface area contributed by atoms with Crippen molar-refractivity contribution in [1.82, 2.24) is 5.32 Å². The van der Waals surface area contributed by atoms with E-state index >= 15 is 0 Å². The lowest BCUT2D eigenvalue weighted by atomic mass is 10.1. The zero-order valence-electron chi connectivity index (χ0n) is 22.3. The van der Waals surface area contributed by atoms with E-state index in [1.807, 2.05) is 37.3 Å². The molecule has 0 fully saturated rings. The van der Waals surface area contributed by atoms with Crippen molar-refractivity contribution in [2.45, 2.75) is 29.7 Å². The molecule has 1 amide bonds. The zero-order valence-corrected chi connectivity index (χ0v) is 23.9. The highest BCUT2D eigenvalue weighted by Gasteiger charge is 2.28. The summed E-state index contributed by atoms with van der Waals surface area (Å²) in [5, 5.41) is 2.81. The first kappa shape index (κ1) is 28.8. The molecule has 0 saturated carbocycles. The van der Waals surface area contributed by atoms with Crippen LogP contribution in [-0.2, 0) is 24.7 Å². The molecule has 0 aliphatic carbocycles. The Morgan fingerprint density at radius 3 is 1.90 bits per heavy atom. The number of benzene rings is 4. The number of nitrogens with zero attached hydrogens (tertiary/aromatic N) is 1. The lowest BCUT2D eigenvalue weighted by Crippen LogP contribution is -2.41. The molecule has 0 aromatic heterocycles.